The highest BCUT2D eigenvalue weighted by atomic mass is 35.5. The number of rotatable bonds is 7. The van der Waals surface area contributed by atoms with Crippen molar-refractivity contribution < 1.29 is 14.3 Å². The van der Waals surface area contributed by atoms with E-state index >= 15 is 0 Å². The number of carbonyl (C=O) groups is 2. The quantitative estimate of drug-likeness (QED) is 0.608. The molecule has 26 heavy (non-hydrogen) atoms. The van der Waals surface area contributed by atoms with Crippen LogP contribution in [0.5, 0.6) is 0 Å². The Hall–Kier alpha value is -1.55. The lowest BCUT2D eigenvalue weighted by Crippen LogP contribution is -2.41. The van der Waals surface area contributed by atoms with E-state index in [0.717, 1.165) is 25.7 Å². The van der Waals surface area contributed by atoms with Gasteiger partial charge in [0.05, 0.1) is 6.61 Å². The first-order valence-corrected chi connectivity index (χ1v) is 10.2. The standard InChI is InChI=1S/C21H30ClNO3/c1-2-26-20(24)11-8-16-23(19-9-6-4-3-5-7-10-19)21(25)17-12-14-18(22)15-13-17/h12-15,19H,2-11,16H2,1H3. The zero-order valence-corrected chi connectivity index (χ0v) is 16.5. The Morgan fingerprint density at radius 2 is 1.69 bits per heavy atom. The summed E-state index contributed by atoms with van der Waals surface area (Å²) in [5.74, 6) is -0.153. The van der Waals surface area contributed by atoms with E-state index in [1.54, 1.807) is 24.3 Å². The van der Waals surface area contributed by atoms with Gasteiger partial charge in [0.15, 0.2) is 0 Å². The molecule has 0 aromatic heterocycles. The summed E-state index contributed by atoms with van der Waals surface area (Å²) >= 11 is 5.96. The van der Waals surface area contributed by atoms with Crippen LogP contribution in [0.2, 0.25) is 5.02 Å². The number of hydrogen-bond acceptors (Lipinski definition) is 3. The van der Waals surface area contributed by atoms with E-state index < -0.39 is 0 Å². The summed E-state index contributed by atoms with van der Waals surface area (Å²) in [6.07, 6.45) is 9.16. The molecule has 1 fully saturated rings. The fourth-order valence-electron chi connectivity index (χ4n) is 3.58. The fraction of sp³-hybridized carbons (Fsp3) is 0.619. The maximum absolute atomic E-state index is 13.1. The summed E-state index contributed by atoms with van der Waals surface area (Å²) in [7, 11) is 0. The zero-order chi connectivity index (χ0) is 18.8. The van der Waals surface area contributed by atoms with Gasteiger partial charge in [0.25, 0.3) is 5.91 Å². The Bertz CT molecular complexity index is 565. The minimum atomic E-state index is -0.191. The predicted molar refractivity (Wildman–Crippen MR) is 104 cm³/mol. The van der Waals surface area contributed by atoms with Gasteiger partial charge >= 0.3 is 5.97 Å². The van der Waals surface area contributed by atoms with Crippen LogP contribution in [0.1, 0.15) is 75.1 Å². The van der Waals surface area contributed by atoms with Crippen LogP contribution in [0.25, 0.3) is 0 Å². The molecule has 1 saturated carbocycles. The Kier molecular flexibility index (Phi) is 8.96. The van der Waals surface area contributed by atoms with Gasteiger partial charge in [-0.2, -0.15) is 0 Å². The van der Waals surface area contributed by atoms with Crippen LogP contribution >= 0.6 is 11.6 Å². The maximum atomic E-state index is 13.1. The minimum Gasteiger partial charge on any atom is -0.466 e. The van der Waals surface area contributed by atoms with Crippen LogP contribution in [0.3, 0.4) is 0 Å². The van der Waals surface area contributed by atoms with Crippen molar-refractivity contribution in [2.24, 2.45) is 0 Å². The van der Waals surface area contributed by atoms with Gasteiger partial charge in [-0.05, 0) is 50.5 Å². The molecule has 0 radical (unpaired) electrons. The Morgan fingerprint density at radius 1 is 1.08 bits per heavy atom. The second-order valence-corrected chi connectivity index (χ2v) is 7.35. The topological polar surface area (TPSA) is 46.6 Å². The molecule has 2 rings (SSSR count). The van der Waals surface area contributed by atoms with Gasteiger partial charge in [-0.25, -0.2) is 0 Å². The van der Waals surface area contributed by atoms with Crippen molar-refractivity contribution in [3.05, 3.63) is 34.9 Å². The summed E-state index contributed by atoms with van der Waals surface area (Å²) in [6, 6.07) is 7.33. The molecule has 1 aliphatic carbocycles. The van der Waals surface area contributed by atoms with Gasteiger partial charge in [0.2, 0.25) is 0 Å². The van der Waals surface area contributed by atoms with Gasteiger partial charge in [-0.1, -0.05) is 43.7 Å². The average molecular weight is 380 g/mol. The molecule has 0 atom stereocenters. The van der Waals surface area contributed by atoms with Gasteiger partial charge in [-0.3, -0.25) is 9.59 Å². The van der Waals surface area contributed by atoms with Crippen molar-refractivity contribution in [1.29, 1.82) is 0 Å². The van der Waals surface area contributed by atoms with Crippen molar-refractivity contribution in [2.75, 3.05) is 13.2 Å². The van der Waals surface area contributed by atoms with Gasteiger partial charge in [0, 0.05) is 29.6 Å². The molecule has 0 N–H and O–H groups in total. The van der Waals surface area contributed by atoms with Crippen LogP contribution in [-0.4, -0.2) is 36.0 Å². The third-order valence-corrected chi connectivity index (χ3v) is 5.20. The second-order valence-electron chi connectivity index (χ2n) is 6.91. The van der Waals surface area contributed by atoms with E-state index in [1.807, 2.05) is 11.8 Å². The summed E-state index contributed by atoms with van der Waals surface area (Å²) < 4.78 is 5.01. The number of benzene rings is 1. The van der Waals surface area contributed by atoms with Gasteiger partial charge in [0.1, 0.15) is 0 Å². The first-order chi connectivity index (χ1) is 12.6. The molecule has 1 aliphatic rings. The normalized spacial score (nSPS) is 15.8. The van der Waals surface area contributed by atoms with Crippen LogP contribution in [0, 0.1) is 0 Å². The van der Waals surface area contributed by atoms with E-state index in [4.69, 9.17) is 16.3 Å². The van der Waals surface area contributed by atoms with Crippen molar-refractivity contribution in [3.8, 4) is 0 Å². The van der Waals surface area contributed by atoms with E-state index in [0.29, 0.717) is 36.6 Å². The molecular formula is C21H30ClNO3. The molecule has 0 aliphatic heterocycles. The first-order valence-electron chi connectivity index (χ1n) is 9.84. The van der Waals surface area contributed by atoms with Crippen molar-refractivity contribution in [2.45, 2.75) is 70.8 Å². The molecule has 144 valence electrons. The SMILES string of the molecule is CCOC(=O)CCCN(C(=O)c1ccc(Cl)cc1)C1CCCCCCC1. The highest BCUT2D eigenvalue weighted by molar-refractivity contribution is 6.30. The van der Waals surface area contributed by atoms with E-state index in [-0.39, 0.29) is 17.9 Å². The van der Waals surface area contributed by atoms with Gasteiger partial charge < -0.3 is 9.64 Å². The molecule has 4 nitrogen and oxygen atoms in total. The molecule has 0 spiro atoms. The molecule has 1 aromatic rings. The highest BCUT2D eigenvalue weighted by Gasteiger charge is 2.25. The number of ether oxygens (including phenoxy) is 1. The average Bonchev–Trinajstić information content (AvgIpc) is 2.60. The van der Waals surface area contributed by atoms with E-state index in [2.05, 4.69) is 0 Å². The molecule has 0 heterocycles. The maximum Gasteiger partial charge on any atom is 0.305 e. The number of nitrogens with zero attached hydrogens (tertiary/aromatic N) is 1. The molecule has 0 unspecified atom stereocenters. The third-order valence-electron chi connectivity index (χ3n) is 4.95. The first kappa shape index (κ1) is 20.8. The van der Waals surface area contributed by atoms with Crippen molar-refractivity contribution in [3.63, 3.8) is 0 Å². The Labute approximate surface area is 161 Å². The highest BCUT2D eigenvalue weighted by Crippen LogP contribution is 2.24. The second kappa shape index (κ2) is 11.2. The molecule has 5 heteroatoms. The summed E-state index contributed by atoms with van der Waals surface area (Å²) in [5.41, 5.74) is 0.660. The molecule has 1 aromatic carbocycles. The Balaban J connectivity index is 2.07. The van der Waals surface area contributed by atoms with E-state index in [1.165, 1.54) is 19.3 Å². The number of carbonyl (C=O) groups excluding carboxylic acids is 2. The zero-order valence-electron chi connectivity index (χ0n) is 15.7. The lowest BCUT2D eigenvalue weighted by molar-refractivity contribution is -0.143. The lowest BCUT2D eigenvalue weighted by atomic mass is 9.95. The summed E-state index contributed by atoms with van der Waals surface area (Å²) in [4.78, 5) is 26.7. The predicted octanol–water partition coefficient (Wildman–Crippen LogP) is 5.24. The molecule has 0 saturated heterocycles. The van der Waals surface area contributed by atoms with E-state index in [9.17, 15) is 9.59 Å². The number of amides is 1. The van der Waals surface area contributed by atoms with Crippen LogP contribution in [0.15, 0.2) is 24.3 Å². The lowest BCUT2D eigenvalue weighted by Gasteiger charge is -2.33. The van der Waals surface area contributed by atoms with Crippen molar-refractivity contribution >= 4 is 23.5 Å². The van der Waals surface area contributed by atoms with Crippen LogP contribution in [-0.2, 0) is 9.53 Å². The fourth-order valence-corrected chi connectivity index (χ4v) is 3.71. The van der Waals surface area contributed by atoms with Crippen LogP contribution < -0.4 is 0 Å². The molecule has 1 amide bonds. The largest absolute Gasteiger partial charge is 0.466 e. The Morgan fingerprint density at radius 3 is 2.31 bits per heavy atom. The van der Waals surface area contributed by atoms with Crippen LogP contribution in [0.4, 0.5) is 0 Å². The van der Waals surface area contributed by atoms with Gasteiger partial charge in [-0.15, -0.1) is 0 Å². The smallest absolute Gasteiger partial charge is 0.305 e. The number of esters is 1. The monoisotopic (exact) mass is 379 g/mol. The molecular weight excluding hydrogens is 350 g/mol. The molecule has 0 bridgehead atoms. The minimum absolute atomic E-state index is 0.0381. The summed E-state index contributed by atoms with van der Waals surface area (Å²) in [6.45, 7) is 2.79. The number of hydrogen-bond donors (Lipinski definition) is 0. The summed E-state index contributed by atoms with van der Waals surface area (Å²) in [5, 5.41) is 0.626. The third kappa shape index (κ3) is 6.64. The van der Waals surface area contributed by atoms with Crippen molar-refractivity contribution in [1.82, 2.24) is 4.90 Å². The number of halogens is 1.